The molecule has 0 aliphatic carbocycles. The smallest absolute Gasteiger partial charge is 0.209 e. The molecule has 1 saturated heterocycles. The van der Waals surface area contributed by atoms with E-state index in [9.17, 15) is 4.79 Å². The predicted octanol–water partition coefficient (Wildman–Crippen LogP) is 3.96. The molecule has 1 aliphatic heterocycles. The summed E-state index contributed by atoms with van der Waals surface area (Å²) in [5, 5.41) is 15.3. The number of rotatable bonds is 7. The monoisotopic (exact) mass is 459 g/mol. The summed E-state index contributed by atoms with van der Waals surface area (Å²) in [5.41, 5.74) is 2.93. The lowest BCUT2D eigenvalue weighted by atomic mass is 10.1. The lowest BCUT2D eigenvalue weighted by molar-refractivity contribution is -0.00522. The van der Waals surface area contributed by atoms with E-state index in [1.807, 2.05) is 48.5 Å². The van der Waals surface area contributed by atoms with Crippen molar-refractivity contribution in [2.24, 2.45) is 0 Å². The predicted molar refractivity (Wildman–Crippen MR) is 135 cm³/mol. The molecule has 1 aromatic heterocycles. The van der Waals surface area contributed by atoms with Crippen molar-refractivity contribution in [2.75, 3.05) is 30.4 Å². The summed E-state index contributed by atoms with van der Waals surface area (Å²) < 4.78 is 13.2. The van der Waals surface area contributed by atoms with Gasteiger partial charge in [-0.3, -0.25) is 4.79 Å². The molecule has 176 valence electrons. The molecule has 0 radical (unpaired) electrons. The average Bonchev–Trinajstić information content (AvgIpc) is 2.84. The zero-order valence-electron chi connectivity index (χ0n) is 19.6. The molecule has 0 bridgehead atoms. The largest absolute Gasteiger partial charge is 0.494 e. The first-order valence-electron chi connectivity index (χ1n) is 11.2. The number of methoxy groups -OCH3 is 1. The molecular weight excluding hydrogens is 430 g/mol. The van der Waals surface area contributed by atoms with Crippen LogP contribution in [0.3, 0.4) is 0 Å². The molecule has 8 heteroatoms. The molecule has 2 heterocycles. The highest BCUT2D eigenvalue weighted by Gasteiger charge is 2.23. The first kappa shape index (κ1) is 23.3. The van der Waals surface area contributed by atoms with Gasteiger partial charge in [0.25, 0.3) is 0 Å². The van der Waals surface area contributed by atoms with Crippen LogP contribution in [0.25, 0.3) is 11.4 Å². The Hall–Kier alpha value is -3.91. The summed E-state index contributed by atoms with van der Waals surface area (Å²) in [4.78, 5) is 15.0. The maximum atomic E-state index is 12.7. The molecule has 0 saturated carbocycles. The Balaban J connectivity index is 1.69. The molecule has 3 aromatic rings. The van der Waals surface area contributed by atoms with E-state index in [2.05, 4.69) is 29.2 Å². The standard InChI is InChI=1S/C26H29N5O3/c1-18-16-30(17-19(2)34-18)21-9-10-23(25(15-21)33-3)31-14-12-24(32)26(29-31)22(11-13-27)28-20-7-5-4-6-8-20/h4-15,18-19,27-28H,16-17H2,1-3H3/b22-11-,27-13?/t18-,19+. The minimum absolute atomic E-state index is 0.147. The van der Waals surface area contributed by atoms with Crippen molar-refractivity contribution in [1.82, 2.24) is 9.78 Å². The lowest BCUT2D eigenvalue weighted by Gasteiger charge is -2.37. The van der Waals surface area contributed by atoms with Gasteiger partial charge in [0.05, 0.1) is 25.0 Å². The average molecular weight is 460 g/mol. The third-order valence-electron chi connectivity index (χ3n) is 5.56. The SMILES string of the molecule is COc1cc(N2C[C@@H](C)O[C@@H](C)C2)ccc1-n1ccc(=O)c(/C(=C/C=N)Nc2ccccc2)n1. The van der Waals surface area contributed by atoms with Gasteiger partial charge in [-0.2, -0.15) is 5.10 Å². The maximum Gasteiger partial charge on any atom is 0.209 e. The molecule has 2 aromatic carbocycles. The van der Waals surface area contributed by atoms with Gasteiger partial charge in [0.15, 0.2) is 5.69 Å². The van der Waals surface area contributed by atoms with Crippen molar-refractivity contribution in [3.8, 4) is 11.4 Å². The summed E-state index contributed by atoms with van der Waals surface area (Å²) in [6, 6.07) is 16.9. The number of nitrogens with one attached hydrogen (secondary N) is 2. The van der Waals surface area contributed by atoms with Gasteiger partial charge in [-0.15, -0.1) is 0 Å². The highest BCUT2D eigenvalue weighted by Crippen LogP contribution is 2.30. The second-order valence-electron chi connectivity index (χ2n) is 8.23. The van der Waals surface area contributed by atoms with Gasteiger partial charge < -0.3 is 25.1 Å². The lowest BCUT2D eigenvalue weighted by Crippen LogP contribution is -2.45. The van der Waals surface area contributed by atoms with Gasteiger partial charge in [0.1, 0.15) is 11.4 Å². The number of hydrogen-bond acceptors (Lipinski definition) is 7. The number of benzene rings is 2. The summed E-state index contributed by atoms with van der Waals surface area (Å²) >= 11 is 0. The normalized spacial score (nSPS) is 18.4. The number of para-hydroxylation sites is 1. The Bertz CT molecular complexity index is 1230. The number of ether oxygens (including phenoxy) is 2. The van der Waals surface area contributed by atoms with Gasteiger partial charge in [0.2, 0.25) is 5.43 Å². The maximum absolute atomic E-state index is 12.7. The third-order valence-corrected chi connectivity index (χ3v) is 5.56. The molecular formula is C26H29N5O3. The van der Waals surface area contributed by atoms with Crippen molar-refractivity contribution in [3.05, 3.63) is 82.8 Å². The Morgan fingerprint density at radius 1 is 1.15 bits per heavy atom. The van der Waals surface area contributed by atoms with Crippen LogP contribution in [0, 0.1) is 5.41 Å². The number of morpholine rings is 1. The zero-order chi connectivity index (χ0) is 24.1. The van der Waals surface area contributed by atoms with Crippen molar-refractivity contribution in [1.29, 1.82) is 5.41 Å². The Kier molecular flexibility index (Phi) is 7.08. The van der Waals surface area contributed by atoms with Crippen LogP contribution in [0.15, 0.2) is 71.7 Å². The topological polar surface area (TPSA) is 92.5 Å². The van der Waals surface area contributed by atoms with Crippen LogP contribution in [0.1, 0.15) is 19.5 Å². The van der Waals surface area contributed by atoms with Gasteiger partial charge in [0, 0.05) is 49.0 Å². The van der Waals surface area contributed by atoms with E-state index in [0.717, 1.165) is 30.7 Å². The van der Waals surface area contributed by atoms with Crippen LogP contribution in [-0.2, 0) is 4.74 Å². The second kappa shape index (κ2) is 10.4. The van der Waals surface area contributed by atoms with Crippen molar-refractivity contribution < 1.29 is 9.47 Å². The fourth-order valence-corrected chi connectivity index (χ4v) is 4.11. The summed E-state index contributed by atoms with van der Waals surface area (Å²) in [7, 11) is 1.62. The third kappa shape index (κ3) is 5.18. The molecule has 4 rings (SSSR count). The summed E-state index contributed by atoms with van der Waals surface area (Å²) in [6.45, 7) is 5.75. The highest BCUT2D eigenvalue weighted by molar-refractivity contribution is 5.86. The van der Waals surface area contributed by atoms with Crippen molar-refractivity contribution in [2.45, 2.75) is 26.1 Å². The van der Waals surface area contributed by atoms with Gasteiger partial charge in [-0.25, -0.2) is 4.68 Å². The minimum atomic E-state index is -0.250. The Labute approximate surface area is 199 Å². The van der Waals surface area contributed by atoms with Crippen LogP contribution in [0.5, 0.6) is 5.75 Å². The van der Waals surface area contributed by atoms with Gasteiger partial charge >= 0.3 is 0 Å². The molecule has 8 nitrogen and oxygen atoms in total. The van der Waals surface area contributed by atoms with Crippen molar-refractivity contribution in [3.63, 3.8) is 0 Å². The quantitative estimate of drug-likeness (QED) is 0.520. The molecule has 0 spiro atoms. The van der Waals surface area contributed by atoms with E-state index in [-0.39, 0.29) is 23.3 Å². The Morgan fingerprint density at radius 3 is 2.56 bits per heavy atom. The van der Waals surface area contributed by atoms with Crippen LogP contribution >= 0.6 is 0 Å². The van der Waals surface area contributed by atoms with Crippen LogP contribution in [0.4, 0.5) is 11.4 Å². The van der Waals surface area contributed by atoms with E-state index in [4.69, 9.17) is 14.9 Å². The number of nitrogens with zero attached hydrogens (tertiary/aromatic N) is 3. The zero-order valence-corrected chi connectivity index (χ0v) is 19.6. The minimum Gasteiger partial charge on any atom is -0.494 e. The van der Waals surface area contributed by atoms with Gasteiger partial charge in [-0.05, 0) is 44.2 Å². The summed E-state index contributed by atoms with van der Waals surface area (Å²) in [6.07, 6.45) is 4.56. The molecule has 34 heavy (non-hydrogen) atoms. The van der Waals surface area contributed by atoms with E-state index in [1.165, 1.54) is 12.1 Å². The highest BCUT2D eigenvalue weighted by atomic mass is 16.5. The van der Waals surface area contributed by atoms with E-state index in [0.29, 0.717) is 17.1 Å². The van der Waals surface area contributed by atoms with E-state index >= 15 is 0 Å². The van der Waals surface area contributed by atoms with E-state index < -0.39 is 0 Å². The van der Waals surface area contributed by atoms with Crippen molar-refractivity contribution >= 4 is 23.3 Å². The fraction of sp³-hybridized carbons (Fsp3) is 0.269. The first-order chi connectivity index (χ1) is 16.5. The molecule has 1 fully saturated rings. The first-order valence-corrected chi connectivity index (χ1v) is 11.2. The van der Waals surface area contributed by atoms with Crippen LogP contribution < -0.4 is 20.4 Å². The Morgan fingerprint density at radius 2 is 1.88 bits per heavy atom. The summed E-state index contributed by atoms with van der Waals surface area (Å²) in [5.74, 6) is 0.639. The van der Waals surface area contributed by atoms with E-state index in [1.54, 1.807) is 18.0 Å². The number of anilines is 2. The van der Waals surface area contributed by atoms with Crippen LogP contribution in [-0.4, -0.2) is 48.4 Å². The number of allylic oxidation sites excluding steroid dienone is 1. The molecule has 2 atom stereocenters. The second-order valence-corrected chi connectivity index (χ2v) is 8.23. The number of hydrogen-bond donors (Lipinski definition) is 2. The number of aromatic nitrogens is 2. The molecule has 0 amide bonds. The molecule has 1 aliphatic rings. The molecule has 2 N–H and O–H groups in total. The van der Waals surface area contributed by atoms with Gasteiger partial charge in [-0.1, -0.05) is 18.2 Å². The fourth-order valence-electron chi connectivity index (χ4n) is 4.11. The molecule has 0 unspecified atom stereocenters. The van der Waals surface area contributed by atoms with Crippen LogP contribution in [0.2, 0.25) is 0 Å².